The van der Waals surface area contributed by atoms with Crippen molar-refractivity contribution in [1.82, 2.24) is 0 Å². The van der Waals surface area contributed by atoms with E-state index in [1.165, 1.54) is 6.92 Å². The van der Waals surface area contributed by atoms with Crippen molar-refractivity contribution in [3.05, 3.63) is 0 Å². The number of ether oxygens (including phenoxy) is 5. The molecule has 0 aromatic carbocycles. The number of carbonyl (C=O) groups is 4. The van der Waals surface area contributed by atoms with Crippen LogP contribution in [0.5, 0.6) is 0 Å². The van der Waals surface area contributed by atoms with Crippen molar-refractivity contribution in [3.63, 3.8) is 0 Å². The van der Waals surface area contributed by atoms with E-state index in [4.69, 9.17) is 0 Å². The van der Waals surface area contributed by atoms with Crippen LogP contribution in [0, 0.1) is 0 Å². The van der Waals surface area contributed by atoms with E-state index in [-0.39, 0.29) is 20.0 Å². The summed E-state index contributed by atoms with van der Waals surface area (Å²) >= 11 is 0. The van der Waals surface area contributed by atoms with Gasteiger partial charge in [-0.25, -0.2) is 30.0 Å². The lowest BCUT2D eigenvalue weighted by Gasteiger charge is -2.06. The molecule has 0 spiro atoms. The van der Waals surface area contributed by atoms with Gasteiger partial charge in [0, 0.05) is 6.61 Å². The van der Waals surface area contributed by atoms with E-state index >= 15 is 0 Å². The average molecular weight is 590 g/mol. The fraction of sp³-hybridized carbons (Fsp3) is 0.733. The number of hydrogen-bond acceptors (Lipinski definition) is 18. The Morgan fingerprint density at radius 1 is 0.528 bits per heavy atom. The standard InChI is InChI=1S/C6H10O7S.C5H10O6S.C4H8O5S/c1-2-12-5(7)3-13-6(8)4-14(9,10)11;1-2-10-4-11-5(6)3-12(7,8)9;1-2-9-4(5)3-10(6,7)8/h2-4H2,1H3,(H,9,10,11);2-4H2,1H3,(H,7,8,9);2-3H2,1H3,(H,6,7,8)/p-3. The predicted octanol–water partition coefficient (Wildman–Crippen LogP) is -3.20. The lowest BCUT2D eigenvalue weighted by molar-refractivity contribution is -0.157. The van der Waals surface area contributed by atoms with Gasteiger partial charge in [0.05, 0.1) is 13.2 Å². The molecule has 0 saturated carbocycles. The van der Waals surface area contributed by atoms with Crippen LogP contribution in [0.25, 0.3) is 0 Å². The van der Waals surface area contributed by atoms with Crippen molar-refractivity contribution < 1.29 is 81.8 Å². The Hall–Kier alpha value is -2.43. The molecular formula is C15H25O18S3-3. The van der Waals surface area contributed by atoms with Gasteiger partial charge in [-0.3, -0.25) is 14.4 Å². The second-order valence-electron chi connectivity index (χ2n) is 5.50. The Balaban J connectivity index is -0.000000460. The lowest BCUT2D eigenvalue weighted by Crippen LogP contribution is -2.22. The Morgan fingerprint density at radius 2 is 0.861 bits per heavy atom. The number of rotatable bonds is 13. The molecule has 21 heteroatoms. The maximum absolute atomic E-state index is 10.6. The van der Waals surface area contributed by atoms with Crippen molar-refractivity contribution in [2.24, 2.45) is 0 Å². The molecule has 0 radical (unpaired) electrons. The van der Waals surface area contributed by atoms with Crippen molar-refractivity contribution in [3.8, 4) is 0 Å². The molecule has 0 aliphatic rings. The zero-order chi connectivity index (χ0) is 29.0. The third-order valence-corrected chi connectivity index (χ3v) is 4.12. The zero-order valence-corrected chi connectivity index (χ0v) is 21.7. The summed E-state index contributed by atoms with van der Waals surface area (Å²) in [7, 11) is -13.7. The van der Waals surface area contributed by atoms with Crippen LogP contribution < -0.4 is 0 Å². The van der Waals surface area contributed by atoms with Gasteiger partial charge in [-0.2, -0.15) is 0 Å². The molecule has 0 atom stereocenters. The summed E-state index contributed by atoms with van der Waals surface area (Å²) in [6.07, 6.45) is 0. The van der Waals surface area contributed by atoms with Crippen LogP contribution in [0.1, 0.15) is 20.8 Å². The number of hydrogen-bond donors (Lipinski definition) is 0. The zero-order valence-electron chi connectivity index (χ0n) is 19.2. The maximum Gasteiger partial charge on any atom is 0.344 e. The minimum atomic E-state index is -4.66. The van der Waals surface area contributed by atoms with E-state index in [2.05, 4.69) is 23.7 Å². The van der Waals surface area contributed by atoms with Crippen molar-refractivity contribution >= 4 is 54.2 Å². The molecule has 0 aliphatic carbocycles. The van der Waals surface area contributed by atoms with Gasteiger partial charge in [0.1, 0.15) is 47.6 Å². The first kappa shape index (κ1) is 38.1. The van der Waals surface area contributed by atoms with Crippen LogP contribution in [-0.2, 0) is 73.2 Å². The van der Waals surface area contributed by atoms with Crippen LogP contribution in [0.4, 0.5) is 0 Å². The van der Waals surface area contributed by atoms with Crippen molar-refractivity contribution in [2.75, 3.05) is 50.5 Å². The van der Waals surface area contributed by atoms with Crippen LogP contribution in [0.2, 0.25) is 0 Å². The van der Waals surface area contributed by atoms with Gasteiger partial charge in [0.2, 0.25) is 0 Å². The Kier molecular flexibility index (Phi) is 20.9. The van der Waals surface area contributed by atoms with E-state index in [0.717, 1.165) is 0 Å². The van der Waals surface area contributed by atoms with Gasteiger partial charge >= 0.3 is 23.9 Å². The fourth-order valence-electron chi connectivity index (χ4n) is 1.25. The summed E-state index contributed by atoms with van der Waals surface area (Å²) < 4.78 is 111. The molecule has 0 fully saturated rings. The van der Waals surface area contributed by atoms with E-state index in [1.807, 2.05) is 0 Å². The SMILES string of the molecule is CCOC(=O)COC(=O)CS(=O)(=O)[O-].CCOC(=O)CS(=O)(=O)[O-].CCOCOC(=O)CS(=O)(=O)[O-]. The summed E-state index contributed by atoms with van der Waals surface area (Å²) in [4.78, 5) is 41.9. The van der Waals surface area contributed by atoms with Crippen LogP contribution in [0.15, 0.2) is 0 Å². The first-order valence-electron chi connectivity index (χ1n) is 9.27. The monoisotopic (exact) mass is 589 g/mol. The normalized spacial score (nSPS) is 10.9. The van der Waals surface area contributed by atoms with Gasteiger partial charge in [0.15, 0.2) is 13.4 Å². The summed E-state index contributed by atoms with van der Waals surface area (Å²) in [5.74, 6) is -7.69. The molecule has 18 nitrogen and oxygen atoms in total. The molecular weight excluding hydrogens is 564 g/mol. The molecule has 0 heterocycles. The quantitative estimate of drug-likeness (QED) is 0.0671. The van der Waals surface area contributed by atoms with E-state index in [1.54, 1.807) is 13.8 Å². The van der Waals surface area contributed by atoms with Crippen LogP contribution >= 0.6 is 0 Å². The fourth-order valence-corrected chi connectivity index (χ4v) is 2.37. The molecule has 0 unspecified atom stereocenters. The third-order valence-electron chi connectivity index (χ3n) is 2.35. The topological polar surface area (TPSA) is 286 Å². The van der Waals surface area contributed by atoms with Gasteiger partial charge in [-0.15, -0.1) is 0 Å². The third kappa shape index (κ3) is 36.1. The van der Waals surface area contributed by atoms with Crippen LogP contribution in [-0.4, -0.2) is 113 Å². The Morgan fingerprint density at radius 3 is 1.19 bits per heavy atom. The summed E-state index contributed by atoms with van der Waals surface area (Å²) in [5, 5.41) is 0. The summed E-state index contributed by atoms with van der Waals surface area (Å²) in [6, 6.07) is 0. The lowest BCUT2D eigenvalue weighted by atomic mass is 10.7. The predicted molar refractivity (Wildman–Crippen MR) is 111 cm³/mol. The molecule has 0 bridgehead atoms. The molecule has 214 valence electrons. The molecule has 0 aromatic rings. The summed E-state index contributed by atoms with van der Waals surface area (Å²) in [6.45, 7) is 4.28. The average Bonchev–Trinajstić information content (AvgIpc) is 2.64. The maximum atomic E-state index is 10.6. The highest BCUT2D eigenvalue weighted by molar-refractivity contribution is 7.86. The summed E-state index contributed by atoms with van der Waals surface area (Å²) in [5.41, 5.74) is 0. The molecule has 36 heavy (non-hydrogen) atoms. The molecule has 0 rings (SSSR count). The van der Waals surface area contributed by atoms with Crippen molar-refractivity contribution in [1.29, 1.82) is 0 Å². The smallest absolute Gasteiger partial charge is 0.344 e. The minimum absolute atomic E-state index is 0.0777. The van der Waals surface area contributed by atoms with Gasteiger partial charge in [-0.05, 0) is 20.8 Å². The molecule has 0 aliphatic heterocycles. The highest BCUT2D eigenvalue weighted by Crippen LogP contribution is 1.89. The highest BCUT2D eigenvalue weighted by atomic mass is 32.2. The van der Waals surface area contributed by atoms with Crippen LogP contribution in [0.3, 0.4) is 0 Å². The molecule has 0 amide bonds. The number of esters is 4. The first-order chi connectivity index (χ1) is 16.3. The largest absolute Gasteiger partial charge is 0.748 e. The minimum Gasteiger partial charge on any atom is -0.748 e. The highest BCUT2D eigenvalue weighted by Gasteiger charge is 2.11. The second-order valence-corrected chi connectivity index (χ2v) is 9.72. The molecule has 0 N–H and O–H groups in total. The molecule has 0 saturated heterocycles. The van der Waals surface area contributed by atoms with Gasteiger partial charge in [-0.1, -0.05) is 0 Å². The van der Waals surface area contributed by atoms with Crippen molar-refractivity contribution in [2.45, 2.75) is 20.8 Å². The van der Waals surface area contributed by atoms with Gasteiger partial charge in [0.25, 0.3) is 0 Å². The van der Waals surface area contributed by atoms with Gasteiger partial charge < -0.3 is 37.3 Å². The number of carbonyl (C=O) groups excluding carboxylic acids is 4. The Labute approximate surface area is 207 Å². The Bertz CT molecular complexity index is 996. The van der Waals surface area contributed by atoms with E-state index in [0.29, 0.717) is 6.61 Å². The second kappa shape index (κ2) is 19.7. The molecule has 0 aromatic heterocycles. The first-order valence-corrected chi connectivity index (χ1v) is 14.0. The van der Waals surface area contributed by atoms with E-state index < -0.39 is 78.1 Å². The van der Waals surface area contributed by atoms with E-state index in [9.17, 15) is 58.1 Å².